The highest BCUT2D eigenvalue weighted by Gasteiger charge is 2.11. The fourth-order valence-corrected chi connectivity index (χ4v) is 2.00. The minimum absolute atomic E-state index is 0.182. The molecule has 0 aromatic carbocycles. The monoisotopic (exact) mass is 242 g/mol. The molecule has 0 fully saturated rings. The van der Waals surface area contributed by atoms with Gasteiger partial charge in [-0.15, -0.1) is 0 Å². The van der Waals surface area contributed by atoms with Crippen molar-refractivity contribution in [2.24, 2.45) is 7.05 Å². The quantitative estimate of drug-likeness (QED) is 0.782. The molecule has 0 radical (unpaired) electrons. The Labute approximate surface area is 94.9 Å². The van der Waals surface area contributed by atoms with Crippen molar-refractivity contribution in [3.05, 3.63) is 17.5 Å². The molecule has 1 N–H and O–H groups in total. The Bertz CT molecular complexity index is 498. The lowest BCUT2D eigenvalue weighted by atomic mass is 10.2. The van der Waals surface area contributed by atoms with E-state index in [-0.39, 0.29) is 6.54 Å². The third-order valence-electron chi connectivity index (χ3n) is 2.06. The number of hydrogen-bond donors (Lipinski definition) is 1. The SMILES string of the molecule is CCc1nn(C)cc1CNS(=O)(=O)CC#N. The van der Waals surface area contributed by atoms with Crippen LogP contribution < -0.4 is 4.72 Å². The Kier molecular flexibility index (Phi) is 4.04. The van der Waals surface area contributed by atoms with Gasteiger partial charge in [0.25, 0.3) is 0 Å². The molecule has 0 unspecified atom stereocenters. The molecule has 1 aromatic heterocycles. The fraction of sp³-hybridized carbons (Fsp3) is 0.556. The highest BCUT2D eigenvalue weighted by Crippen LogP contribution is 2.07. The van der Waals surface area contributed by atoms with E-state index < -0.39 is 15.8 Å². The first kappa shape index (κ1) is 12.7. The summed E-state index contributed by atoms with van der Waals surface area (Å²) in [4.78, 5) is 0. The number of nitrogens with one attached hydrogen (secondary N) is 1. The molecule has 0 atom stereocenters. The fourth-order valence-electron chi connectivity index (χ4n) is 1.35. The molecule has 0 saturated heterocycles. The average molecular weight is 242 g/mol. The number of nitriles is 1. The molecular weight excluding hydrogens is 228 g/mol. The zero-order chi connectivity index (χ0) is 12.2. The average Bonchev–Trinajstić information content (AvgIpc) is 2.56. The van der Waals surface area contributed by atoms with Gasteiger partial charge in [-0.2, -0.15) is 10.4 Å². The molecule has 0 aliphatic carbocycles. The molecule has 0 amide bonds. The van der Waals surface area contributed by atoms with Crippen molar-refractivity contribution in [2.75, 3.05) is 5.75 Å². The Morgan fingerprint density at radius 3 is 2.88 bits per heavy atom. The second-order valence-electron chi connectivity index (χ2n) is 3.37. The zero-order valence-electron chi connectivity index (χ0n) is 9.27. The van der Waals surface area contributed by atoms with E-state index in [9.17, 15) is 8.42 Å². The van der Waals surface area contributed by atoms with Gasteiger partial charge in [-0.25, -0.2) is 13.1 Å². The third kappa shape index (κ3) is 3.32. The lowest BCUT2D eigenvalue weighted by Gasteiger charge is -2.02. The van der Waals surface area contributed by atoms with E-state index in [2.05, 4.69) is 9.82 Å². The smallest absolute Gasteiger partial charge is 0.225 e. The molecule has 1 heterocycles. The second-order valence-corrected chi connectivity index (χ2v) is 5.17. The highest BCUT2D eigenvalue weighted by molar-refractivity contribution is 7.89. The van der Waals surface area contributed by atoms with E-state index in [4.69, 9.17) is 5.26 Å². The first-order chi connectivity index (χ1) is 7.48. The summed E-state index contributed by atoms with van der Waals surface area (Å²) in [6.07, 6.45) is 2.52. The summed E-state index contributed by atoms with van der Waals surface area (Å²) in [5, 5.41) is 12.5. The van der Waals surface area contributed by atoms with Gasteiger partial charge in [-0.3, -0.25) is 4.68 Å². The van der Waals surface area contributed by atoms with Gasteiger partial charge in [0, 0.05) is 25.4 Å². The van der Waals surface area contributed by atoms with Crippen LogP contribution in [0.5, 0.6) is 0 Å². The summed E-state index contributed by atoms with van der Waals surface area (Å²) in [5.74, 6) is -0.519. The van der Waals surface area contributed by atoms with Crippen molar-refractivity contribution in [1.82, 2.24) is 14.5 Å². The van der Waals surface area contributed by atoms with Gasteiger partial charge >= 0.3 is 0 Å². The first-order valence-corrected chi connectivity index (χ1v) is 6.49. The Morgan fingerprint density at radius 1 is 1.62 bits per heavy atom. The first-order valence-electron chi connectivity index (χ1n) is 4.84. The van der Waals surface area contributed by atoms with Gasteiger partial charge in [0.2, 0.25) is 10.0 Å². The predicted octanol–water partition coefficient (Wildman–Crippen LogP) is -0.0745. The normalized spacial score (nSPS) is 11.3. The molecule has 16 heavy (non-hydrogen) atoms. The van der Waals surface area contributed by atoms with E-state index in [1.54, 1.807) is 24.0 Å². The minimum Gasteiger partial charge on any atom is -0.275 e. The molecule has 0 aliphatic rings. The summed E-state index contributed by atoms with van der Waals surface area (Å²) in [5.41, 5.74) is 1.70. The van der Waals surface area contributed by atoms with E-state index in [0.717, 1.165) is 17.7 Å². The van der Waals surface area contributed by atoms with Crippen LogP contribution in [-0.2, 0) is 30.0 Å². The minimum atomic E-state index is -3.49. The van der Waals surface area contributed by atoms with Gasteiger partial charge < -0.3 is 0 Å². The second kappa shape index (κ2) is 5.09. The number of aromatic nitrogens is 2. The molecule has 0 spiro atoms. The van der Waals surface area contributed by atoms with Crippen LogP contribution in [0.3, 0.4) is 0 Å². The Morgan fingerprint density at radius 2 is 2.31 bits per heavy atom. The Balaban J connectivity index is 2.72. The van der Waals surface area contributed by atoms with Crippen LogP contribution in [0, 0.1) is 11.3 Å². The van der Waals surface area contributed by atoms with Crippen LogP contribution in [0.1, 0.15) is 18.2 Å². The van der Waals surface area contributed by atoms with Crippen LogP contribution >= 0.6 is 0 Å². The summed E-state index contributed by atoms with van der Waals surface area (Å²) < 4.78 is 26.5. The van der Waals surface area contributed by atoms with Crippen molar-refractivity contribution in [3.8, 4) is 6.07 Å². The maximum absolute atomic E-state index is 11.2. The standard InChI is InChI=1S/C9H14N4O2S/c1-3-9-8(7-13(2)12-9)6-11-16(14,15)5-4-10/h7,11H,3,5-6H2,1-2H3. The molecular formula is C9H14N4O2S. The summed E-state index contributed by atoms with van der Waals surface area (Å²) in [6.45, 7) is 2.14. The van der Waals surface area contributed by atoms with Gasteiger partial charge in [-0.05, 0) is 6.42 Å². The van der Waals surface area contributed by atoms with Crippen LogP contribution in [0.2, 0.25) is 0 Å². The van der Waals surface area contributed by atoms with Crippen LogP contribution in [0.4, 0.5) is 0 Å². The number of rotatable bonds is 5. The van der Waals surface area contributed by atoms with Gasteiger partial charge in [0.05, 0.1) is 11.8 Å². The number of sulfonamides is 1. The highest BCUT2D eigenvalue weighted by atomic mass is 32.2. The molecule has 1 aromatic rings. The van der Waals surface area contributed by atoms with E-state index in [0.29, 0.717) is 0 Å². The summed E-state index contributed by atoms with van der Waals surface area (Å²) >= 11 is 0. The van der Waals surface area contributed by atoms with Crippen LogP contribution in [0.25, 0.3) is 0 Å². The number of nitrogens with zero attached hydrogens (tertiary/aromatic N) is 3. The van der Waals surface area contributed by atoms with Crippen molar-refractivity contribution >= 4 is 10.0 Å². The van der Waals surface area contributed by atoms with E-state index in [1.165, 1.54) is 0 Å². The molecule has 6 nitrogen and oxygen atoms in total. The molecule has 88 valence electrons. The molecule has 0 aliphatic heterocycles. The van der Waals surface area contributed by atoms with E-state index in [1.807, 2.05) is 6.92 Å². The van der Waals surface area contributed by atoms with Crippen molar-refractivity contribution in [3.63, 3.8) is 0 Å². The summed E-state index contributed by atoms with van der Waals surface area (Å²) in [7, 11) is -1.71. The van der Waals surface area contributed by atoms with Crippen molar-refractivity contribution < 1.29 is 8.42 Å². The predicted molar refractivity (Wildman–Crippen MR) is 58.8 cm³/mol. The topological polar surface area (TPSA) is 87.8 Å². The Hall–Kier alpha value is -1.39. The van der Waals surface area contributed by atoms with Crippen molar-refractivity contribution in [2.45, 2.75) is 19.9 Å². The number of hydrogen-bond acceptors (Lipinski definition) is 4. The molecule has 1 rings (SSSR count). The lowest BCUT2D eigenvalue weighted by Crippen LogP contribution is -2.25. The largest absolute Gasteiger partial charge is 0.275 e. The van der Waals surface area contributed by atoms with Crippen molar-refractivity contribution in [1.29, 1.82) is 5.26 Å². The third-order valence-corrected chi connectivity index (χ3v) is 3.16. The maximum atomic E-state index is 11.2. The van der Waals surface area contributed by atoms with Crippen LogP contribution in [0.15, 0.2) is 6.20 Å². The molecule has 7 heteroatoms. The zero-order valence-corrected chi connectivity index (χ0v) is 10.1. The summed E-state index contributed by atoms with van der Waals surface area (Å²) in [6, 6.07) is 1.61. The maximum Gasteiger partial charge on any atom is 0.225 e. The van der Waals surface area contributed by atoms with Crippen LogP contribution in [-0.4, -0.2) is 24.0 Å². The van der Waals surface area contributed by atoms with Gasteiger partial charge in [-0.1, -0.05) is 6.92 Å². The molecule has 0 bridgehead atoms. The van der Waals surface area contributed by atoms with Gasteiger partial charge in [0.1, 0.15) is 0 Å². The molecule has 0 saturated carbocycles. The van der Waals surface area contributed by atoms with E-state index >= 15 is 0 Å². The lowest BCUT2D eigenvalue weighted by molar-refractivity contribution is 0.584. The number of aryl methyl sites for hydroxylation is 2. The van der Waals surface area contributed by atoms with Gasteiger partial charge in [0.15, 0.2) is 5.75 Å².